The highest BCUT2D eigenvalue weighted by molar-refractivity contribution is 5.88. The van der Waals surface area contributed by atoms with E-state index >= 15 is 0 Å². The minimum Gasteiger partial charge on any atom is -0.490 e. The molecule has 0 aromatic heterocycles. The number of nitrogens with zero attached hydrogens (tertiary/aromatic N) is 1. The van der Waals surface area contributed by atoms with Crippen LogP contribution in [0.5, 0.6) is 5.75 Å². The van der Waals surface area contributed by atoms with E-state index in [1.54, 1.807) is 6.08 Å². The Morgan fingerprint density at radius 1 is 1.48 bits per heavy atom. The molecule has 1 saturated heterocycles. The summed E-state index contributed by atoms with van der Waals surface area (Å²) in [5.74, 6) is 5.38. The van der Waals surface area contributed by atoms with Gasteiger partial charge in [0.15, 0.2) is 0 Å². The molecular formula is C16H22N4O3. The summed E-state index contributed by atoms with van der Waals surface area (Å²) in [6.45, 7) is 5.90. The quantitative estimate of drug-likeness (QED) is 0.283. The van der Waals surface area contributed by atoms with Crippen LogP contribution < -0.4 is 21.3 Å². The fourth-order valence-corrected chi connectivity index (χ4v) is 2.49. The number of carbonyl (C=O) groups is 2. The molecule has 2 rings (SSSR count). The third-order valence-electron chi connectivity index (χ3n) is 3.66. The lowest BCUT2D eigenvalue weighted by Gasteiger charge is -2.34. The van der Waals surface area contributed by atoms with Gasteiger partial charge < -0.3 is 10.1 Å². The van der Waals surface area contributed by atoms with Crippen LogP contribution in [0.1, 0.15) is 12.0 Å². The van der Waals surface area contributed by atoms with E-state index in [2.05, 4.69) is 17.3 Å². The number of nitrogens with two attached hydrogens (primary N) is 1. The molecule has 1 aliphatic rings. The summed E-state index contributed by atoms with van der Waals surface area (Å²) >= 11 is 0. The lowest BCUT2D eigenvalue weighted by atomic mass is 10.1. The minimum atomic E-state index is -0.510. The second-order valence-corrected chi connectivity index (χ2v) is 5.29. The number of rotatable bonds is 7. The molecule has 4 N–H and O–H groups in total. The molecule has 124 valence electrons. The van der Waals surface area contributed by atoms with Crippen molar-refractivity contribution in [3.8, 4) is 5.75 Å². The number of amides is 2. The first-order valence-corrected chi connectivity index (χ1v) is 7.48. The van der Waals surface area contributed by atoms with Crippen LogP contribution in [-0.4, -0.2) is 42.5 Å². The Labute approximate surface area is 135 Å². The maximum atomic E-state index is 12.0. The van der Waals surface area contributed by atoms with E-state index in [0.717, 1.165) is 11.3 Å². The zero-order chi connectivity index (χ0) is 16.7. The van der Waals surface area contributed by atoms with Crippen molar-refractivity contribution in [2.75, 3.05) is 19.7 Å². The molecule has 1 aromatic rings. The summed E-state index contributed by atoms with van der Waals surface area (Å²) in [6.07, 6.45) is 1.73. The van der Waals surface area contributed by atoms with Crippen LogP contribution in [0.4, 0.5) is 0 Å². The molecule has 23 heavy (non-hydrogen) atoms. The Morgan fingerprint density at radius 3 is 2.87 bits per heavy atom. The molecule has 1 aliphatic heterocycles. The van der Waals surface area contributed by atoms with Gasteiger partial charge in [0.05, 0.1) is 12.5 Å². The van der Waals surface area contributed by atoms with Gasteiger partial charge in [0.1, 0.15) is 12.4 Å². The summed E-state index contributed by atoms with van der Waals surface area (Å²) in [5, 5.41) is 2.78. The van der Waals surface area contributed by atoms with Gasteiger partial charge in [-0.15, -0.1) is 0 Å². The molecule has 7 nitrogen and oxygen atoms in total. The van der Waals surface area contributed by atoms with Gasteiger partial charge in [-0.05, 0) is 17.7 Å². The van der Waals surface area contributed by atoms with Gasteiger partial charge in [-0.25, -0.2) is 5.84 Å². The Balaban J connectivity index is 2.01. The Bertz CT molecular complexity index is 559. The monoisotopic (exact) mass is 318 g/mol. The van der Waals surface area contributed by atoms with Crippen LogP contribution in [-0.2, 0) is 16.1 Å². The number of hydrazine groups is 1. The first-order chi connectivity index (χ1) is 11.1. The van der Waals surface area contributed by atoms with Crippen molar-refractivity contribution in [2.24, 2.45) is 5.84 Å². The first-order valence-electron chi connectivity index (χ1n) is 7.48. The predicted octanol–water partition coefficient (Wildman–Crippen LogP) is -0.0682. The summed E-state index contributed by atoms with van der Waals surface area (Å²) < 4.78 is 5.44. The molecule has 2 amide bonds. The van der Waals surface area contributed by atoms with Crippen LogP contribution in [0.2, 0.25) is 0 Å². The Morgan fingerprint density at radius 2 is 2.22 bits per heavy atom. The van der Waals surface area contributed by atoms with Gasteiger partial charge in [0.2, 0.25) is 11.8 Å². The number of nitrogens with one attached hydrogen (secondary N) is 2. The Hall–Kier alpha value is -2.38. The van der Waals surface area contributed by atoms with E-state index in [0.29, 0.717) is 26.2 Å². The summed E-state index contributed by atoms with van der Waals surface area (Å²) in [6, 6.07) is 7.15. The average Bonchev–Trinajstić information content (AvgIpc) is 2.57. The van der Waals surface area contributed by atoms with Gasteiger partial charge in [-0.2, -0.15) is 0 Å². The normalized spacial score (nSPS) is 18.1. The van der Waals surface area contributed by atoms with E-state index < -0.39 is 6.04 Å². The number of hydrogen-bond donors (Lipinski definition) is 3. The number of carbonyl (C=O) groups excluding carboxylic acids is 2. The summed E-state index contributed by atoms with van der Waals surface area (Å²) in [5.41, 5.74) is 3.12. The van der Waals surface area contributed by atoms with Crippen LogP contribution in [0, 0.1) is 0 Å². The molecule has 1 unspecified atom stereocenters. The van der Waals surface area contributed by atoms with Crippen molar-refractivity contribution in [2.45, 2.75) is 19.0 Å². The van der Waals surface area contributed by atoms with E-state index in [4.69, 9.17) is 10.6 Å². The molecule has 0 bridgehead atoms. The van der Waals surface area contributed by atoms with Gasteiger partial charge >= 0.3 is 0 Å². The van der Waals surface area contributed by atoms with Crippen molar-refractivity contribution >= 4 is 11.8 Å². The maximum absolute atomic E-state index is 12.0. The predicted molar refractivity (Wildman–Crippen MR) is 86.3 cm³/mol. The zero-order valence-corrected chi connectivity index (χ0v) is 13.0. The molecular weight excluding hydrogens is 296 g/mol. The SMILES string of the molecule is C=CCOc1ccc(CN2CCNC(=O)C2CC(=O)NN)cc1. The topological polar surface area (TPSA) is 96.7 Å². The number of hydrogen-bond acceptors (Lipinski definition) is 5. The summed E-state index contributed by atoms with van der Waals surface area (Å²) in [7, 11) is 0. The summed E-state index contributed by atoms with van der Waals surface area (Å²) in [4.78, 5) is 25.5. The highest BCUT2D eigenvalue weighted by Crippen LogP contribution is 2.17. The van der Waals surface area contributed by atoms with Crippen molar-refractivity contribution < 1.29 is 14.3 Å². The molecule has 0 aliphatic carbocycles. The van der Waals surface area contributed by atoms with Crippen LogP contribution in [0.15, 0.2) is 36.9 Å². The van der Waals surface area contributed by atoms with Crippen molar-refractivity contribution in [3.63, 3.8) is 0 Å². The van der Waals surface area contributed by atoms with Crippen LogP contribution in [0.3, 0.4) is 0 Å². The van der Waals surface area contributed by atoms with Gasteiger partial charge in [0, 0.05) is 19.6 Å². The fourth-order valence-electron chi connectivity index (χ4n) is 2.49. The smallest absolute Gasteiger partial charge is 0.237 e. The zero-order valence-electron chi connectivity index (χ0n) is 13.0. The molecule has 1 aromatic carbocycles. The van der Waals surface area contributed by atoms with Crippen LogP contribution in [0.25, 0.3) is 0 Å². The molecule has 1 fully saturated rings. The fraction of sp³-hybridized carbons (Fsp3) is 0.375. The average molecular weight is 318 g/mol. The van der Waals surface area contributed by atoms with Crippen molar-refractivity contribution in [1.29, 1.82) is 0 Å². The van der Waals surface area contributed by atoms with E-state index in [-0.39, 0.29) is 18.2 Å². The van der Waals surface area contributed by atoms with Crippen molar-refractivity contribution in [1.82, 2.24) is 15.6 Å². The molecule has 0 radical (unpaired) electrons. The third-order valence-corrected chi connectivity index (χ3v) is 3.66. The third kappa shape index (κ3) is 4.80. The van der Waals surface area contributed by atoms with Gasteiger partial charge in [-0.3, -0.25) is 19.9 Å². The highest BCUT2D eigenvalue weighted by atomic mass is 16.5. The van der Waals surface area contributed by atoms with E-state index in [1.807, 2.05) is 29.2 Å². The van der Waals surface area contributed by atoms with E-state index in [1.165, 1.54) is 0 Å². The second kappa shape index (κ2) is 8.30. The first kappa shape index (κ1) is 17.0. The molecule has 0 spiro atoms. The van der Waals surface area contributed by atoms with Crippen LogP contribution >= 0.6 is 0 Å². The van der Waals surface area contributed by atoms with Crippen molar-refractivity contribution in [3.05, 3.63) is 42.5 Å². The lowest BCUT2D eigenvalue weighted by molar-refractivity contribution is -0.134. The van der Waals surface area contributed by atoms with Gasteiger partial charge in [-0.1, -0.05) is 24.8 Å². The second-order valence-electron chi connectivity index (χ2n) is 5.29. The van der Waals surface area contributed by atoms with E-state index in [9.17, 15) is 9.59 Å². The maximum Gasteiger partial charge on any atom is 0.237 e. The number of ether oxygens (including phenoxy) is 1. The molecule has 7 heteroatoms. The minimum absolute atomic E-state index is 0.0445. The lowest BCUT2D eigenvalue weighted by Crippen LogP contribution is -2.56. The highest BCUT2D eigenvalue weighted by Gasteiger charge is 2.31. The molecule has 1 heterocycles. The number of benzene rings is 1. The number of piperazine rings is 1. The Kier molecular flexibility index (Phi) is 6.13. The largest absolute Gasteiger partial charge is 0.490 e. The molecule has 1 atom stereocenters. The standard InChI is InChI=1S/C16H22N4O3/c1-2-9-23-13-5-3-12(4-6-13)11-20-8-7-18-16(22)14(20)10-15(21)19-17/h2-6,14H,1,7-11,17H2,(H,18,22)(H,19,21). The van der Waals surface area contributed by atoms with Gasteiger partial charge in [0.25, 0.3) is 0 Å². The molecule has 0 saturated carbocycles.